The van der Waals surface area contributed by atoms with Gasteiger partial charge in [0.25, 0.3) is 0 Å². The van der Waals surface area contributed by atoms with Gasteiger partial charge in [-0.15, -0.1) is 24.0 Å². The van der Waals surface area contributed by atoms with Crippen molar-refractivity contribution < 1.29 is 0 Å². The lowest BCUT2D eigenvalue weighted by Gasteiger charge is -2.18. The molecule has 0 saturated carbocycles. The van der Waals surface area contributed by atoms with Crippen molar-refractivity contribution in [1.29, 1.82) is 0 Å². The minimum absolute atomic E-state index is 0. The zero-order valence-corrected chi connectivity index (χ0v) is 14.5. The molecular formula is C15H26IN3. The summed E-state index contributed by atoms with van der Waals surface area (Å²) in [4.78, 5) is 4.56. The standard InChI is InChI=1S/C15H25N3.HI/c1-4-6-12-17-15(16-5-2)18-13(3)14-10-8-7-9-11-14;/h7-11,13H,4-6,12H2,1-3H3,(H2,16,17,18);1H. The molecule has 0 radical (unpaired) electrons. The molecule has 4 heteroatoms. The minimum Gasteiger partial charge on any atom is -0.357 e. The number of halogens is 1. The van der Waals surface area contributed by atoms with E-state index in [0.29, 0.717) is 0 Å². The Labute approximate surface area is 134 Å². The van der Waals surface area contributed by atoms with Gasteiger partial charge in [0.2, 0.25) is 0 Å². The minimum atomic E-state index is 0. The number of guanidine groups is 1. The first kappa shape index (κ1) is 18.2. The molecule has 0 aliphatic rings. The monoisotopic (exact) mass is 375 g/mol. The zero-order valence-electron chi connectivity index (χ0n) is 12.1. The van der Waals surface area contributed by atoms with E-state index in [9.17, 15) is 0 Å². The molecule has 1 unspecified atom stereocenters. The van der Waals surface area contributed by atoms with Crippen molar-refractivity contribution >= 4 is 29.9 Å². The van der Waals surface area contributed by atoms with E-state index in [1.54, 1.807) is 0 Å². The van der Waals surface area contributed by atoms with Crippen LogP contribution in [0.3, 0.4) is 0 Å². The molecule has 0 saturated heterocycles. The second kappa shape index (κ2) is 11.1. The molecule has 1 atom stereocenters. The summed E-state index contributed by atoms with van der Waals surface area (Å²) in [7, 11) is 0. The summed E-state index contributed by atoms with van der Waals surface area (Å²) in [5.41, 5.74) is 1.28. The van der Waals surface area contributed by atoms with Crippen molar-refractivity contribution in [3.63, 3.8) is 0 Å². The topological polar surface area (TPSA) is 36.4 Å². The van der Waals surface area contributed by atoms with Gasteiger partial charge in [0, 0.05) is 13.1 Å². The number of rotatable bonds is 6. The number of nitrogens with one attached hydrogen (secondary N) is 2. The highest BCUT2D eigenvalue weighted by Gasteiger charge is 2.06. The Morgan fingerprint density at radius 1 is 1.21 bits per heavy atom. The number of aliphatic imine (C=N–C) groups is 1. The molecule has 0 amide bonds. The van der Waals surface area contributed by atoms with E-state index in [0.717, 1.165) is 25.5 Å². The fourth-order valence-corrected chi connectivity index (χ4v) is 1.70. The van der Waals surface area contributed by atoms with Crippen LogP contribution in [0.2, 0.25) is 0 Å². The molecule has 1 aromatic carbocycles. The van der Waals surface area contributed by atoms with Crippen molar-refractivity contribution in [2.24, 2.45) is 4.99 Å². The second-order valence-electron chi connectivity index (χ2n) is 4.39. The number of unbranched alkanes of at least 4 members (excludes halogenated alkanes) is 1. The van der Waals surface area contributed by atoms with Crippen molar-refractivity contribution in [2.45, 2.75) is 39.7 Å². The molecular weight excluding hydrogens is 349 g/mol. The van der Waals surface area contributed by atoms with E-state index in [1.165, 1.54) is 12.0 Å². The average Bonchev–Trinajstić information content (AvgIpc) is 2.40. The Morgan fingerprint density at radius 2 is 1.89 bits per heavy atom. The zero-order chi connectivity index (χ0) is 13.2. The van der Waals surface area contributed by atoms with Crippen molar-refractivity contribution in [3.8, 4) is 0 Å². The lowest BCUT2D eigenvalue weighted by molar-refractivity contribution is 0.682. The van der Waals surface area contributed by atoms with E-state index in [1.807, 2.05) is 6.07 Å². The van der Waals surface area contributed by atoms with Crippen molar-refractivity contribution in [2.75, 3.05) is 13.1 Å². The van der Waals surface area contributed by atoms with Crippen LogP contribution in [-0.2, 0) is 0 Å². The van der Waals surface area contributed by atoms with Crippen molar-refractivity contribution in [3.05, 3.63) is 35.9 Å². The summed E-state index contributed by atoms with van der Waals surface area (Å²) in [5, 5.41) is 6.71. The summed E-state index contributed by atoms with van der Waals surface area (Å²) in [5.74, 6) is 0.905. The summed E-state index contributed by atoms with van der Waals surface area (Å²) >= 11 is 0. The van der Waals surface area contributed by atoms with Gasteiger partial charge in [0.05, 0.1) is 6.04 Å². The first-order valence-electron chi connectivity index (χ1n) is 6.87. The molecule has 0 aliphatic carbocycles. The van der Waals surface area contributed by atoms with E-state index < -0.39 is 0 Å². The van der Waals surface area contributed by atoms with Gasteiger partial charge >= 0.3 is 0 Å². The predicted molar refractivity (Wildman–Crippen MR) is 94.3 cm³/mol. The van der Waals surface area contributed by atoms with Crippen LogP contribution in [0.25, 0.3) is 0 Å². The van der Waals surface area contributed by atoms with Crippen LogP contribution in [-0.4, -0.2) is 19.0 Å². The highest BCUT2D eigenvalue weighted by molar-refractivity contribution is 14.0. The lowest BCUT2D eigenvalue weighted by Crippen LogP contribution is -2.38. The van der Waals surface area contributed by atoms with E-state index in [2.05, 4.69) is 60.7 Å². The maximum Gasteiger partial charge on any atom is 0.191 e. The van der Waals surface area contributed by atoms with Crippen LogP contribution in [0.15, 0.2) is 35.3 Å². The van der Waals surface area contributed by atoms with E-state index in [4.69, 9.17) is 0 Å². The summed E-state index contributed by atoms with van der Waals surface area (Å²) in [6.45, 7) is 8.20. The third-order valence-electron chi connectivity index (χ3n) is 2.78. The SMILES string of the molecule is CCCCN=C(NCC)NC(C)c1ccccc1.I. The smallest absolute Gasteiger partial charge is 0.191 e. The second-order valence-corrected chi connectivity index (χ2v) is 4.39. The summed E-state index contributed by atoms with van der Waals surface area (Å²) < 4.78 is 0. The van der Waals surface area contributed by atoms with Gasteiger partial charge in [-0.2, -0.15) is 0 Å². The normalized spacial score (nSPS) is 12.5. The number of benzene rings is 1. The first-order chi connectivity index (χ1) is 8.77. The fourth-order valence-electron chi connectivity index (χ4n) is 1.70. The lowest BCUT2D eigenvalue weighted by atomic mass is 10.1. The summed E-state index contributed by atoms with van der Waals surface area (Å²) in [6, 6.07) is 10.7. The largest absolute Gasteiger partial charge is 0.357 e. The molecule has 0 heterocycles. The van der Waals surface area contributed by atoms with Gasteiger partial charge in [0.1, 0.15) is 0 Å². The van der Waals surface area contributed by atoms with Crippen LogP contribution >= 0.6 is 24.0 Å². The molecule has 1 rings (SSSR count). The molecule has 1 aromatic rings. The highest BCUT2D eigenvalue weighted by atomic mass is 127. The first-order valence-corrected chi connectivity index (χ1v) is 6.87. The Kier molecular flexibility index (Phi) is 10.6. The van der Waals surface area contributed by atoms with Crippen LogP contribution in [0.5, 0.6) is 0 Å². The molecule has 0 aliphatic heterocycles. The molecule has 0 aromatic heterocycles. The third-order valence-corrected chi connectivity index (χ3v) is 2.78. The Morgan fingerprint density at radius 3 is 2.47 bits per heavy atom. The number of nitrogens with zero attached hydrogens (tertiary/aromatic N) is 1. The molecule has 3 nitrogen and oxygen atoms in total. The van der Waals surface area contributed by atoms with Gasteiger partial charge in [0.15, 0.2) is 5.96 Å². The molecule has 19 heavy (non-hydrogen) atoms. The quantitative estimate of drug-likeness (QED) is 0.344. The molecule has 0 fully saturated rings. The molecule has 0 bridgehead atoms. The number of hydrogen-bond donors (Lipinski definition) is 2. The van der Waals surface area contributed by atoms with E-state index in [-0.39, 0.29) is 30.0 Å². The van der Waals surface area contributed by atoms with Gasteiger partial charge in [-0.1, -0.05) is 43.7 Å². The van der Waals surface area contributed by atoms with Crippen LogP contribution in [0.1, 0.15) is 45.2 Å². The fraction of sp³-hybridized carbons (Fsp3) is 0.533. The number of hydrogen-bond acceptors (Lipinski definition) is 1. The van der Waals surface area contributed by atoms with E-state index >= 15 is 0 Å². The molecule has 2 N–H and O–H groups in total. The summed E-state index contributed by atoms with van der Waals surface area (Å²) in [6.07, 6.45) is 2.31. The van der Waals surface area contributed by atoms with Crippen LogP contribution < -0.4 is 10.6 Å². The third kappa shape index (κ3) is 7.40. The average molecular weight is 375 g/mol. The maximum atomic E-state index is 4.56. The Hall–Kier alpha value is -0.780. The van der Waals surface area contributed by atoms with Gasteiger partial charge in [-0.25, -0.2) is 0 Å². The molecule has 0 spiro atoms. The molecule has 108 valence electrons. The Balaban J connectivity index is 0.00000324. The predicted octanol–water partition coefficient (Wildman–Crippen LogP) is 3.72. The van der Waals surface area contributed by atoms with Gasteiger partial charge in [-0.05, 0) is 25.8 Å². The highest BCUT2D eigenvalue weighted by Crippen LogP contribution is 2.10. The van der Waals surface area contributed by atoms with Crippen LogP contribution in [0, 0.1) is 0 Å². The Bertz CT molecular complexity index is 352. The van der Waals surface area contributed by atoms with Crippen molar-refractivity contribution in [1.82, 2.24) is 10.6 Å². The van der Waals surface area contributed by atoms with Gasteiger partial charge < -0.3 is 10.6 Å². The van der Waals surface area contributed by atoms with Gasteiger partial charge in [-0.3, -0.25) is 4.99 Å². The van der Waals surface area contributed by atoms with Crippen LogP contribution in [0.4, 0.5) is 0 Å². The maximum absolute atomic E-state index is 4.56.